The maximum Gasteiger partial charge on any atom is 0.164 e. The Labute approximate surface area is 325 Å². The van der Waals surface area contributed by atoms with Crippen molar-refractivity contribution in [1.82, 2.24) is 9.97 Å². The summed E-state index contributed by atoms with van der Waals surface area (Å²) >= 11 is 0. The lowest BCUT2D eigenvalue weighted by molar-refractivity contribution is 0.669. The smallest absolute Gasteiger partial charge is 0.164 e. The van der Waals surface area contributed by atoms with Crippen molar-refractivity contribution in [3.8, 4) is 56.2 Å². The number of furan rings is 1. The molecule has 0 bridgehead atoms. The van der Waals surface area contributed by atoms with Crippen LogP contribution in [0.1, 0.15) is 22.3 Å². The van der Waals surface area contributed by atoms with Gasteiger partial charge in [-0.25, -0.2) is 9.97 Å². The molecule has 2 heterocycles. The first kappa shape index (κ1) is 32.1. The van der Waals surface area contributed by atoms with Crippen molar-refractivity contribution < 1.29 is 4.42 Å². The highest BCUT2D eigenvalue weighted by Crippen LogP contribution is 2.57. The number of hydrogen-bond donors (Lipinski definition) is 0. The number of aromatic nitrogens is 2. The van der Waals surface area contributed by atoms with Gasteiger partial charge in [0.25, 0.3) is 0 Å². The van der Waals surface area contributed by atoms with Gasteiger partial charge in [-0.1, -0.05) is 182 Å². The molecule has 0 saturated heterocycles. The van der Waals surface area contributed by atoms with Gasteiger partial charge in [0.2, 0.25) is 0 Å². The third kappa shape index (κ3) is 4.91. The highest BCUT2D eigenvalue weighted by molar-refractivity contribution is 6.12. The highest BCUT2D eigenvalue weighted by Gasteiger charge is 2.46. The molecule has 0 fully saturated rings. The summed E-state index contributed by atoms with van der Waals surface area (Å²) < 4.78 is 6.83. The quantitative estimate of drug-likeness (QED) is 0.172. The average molecular weight is 715 g/mol. The third-order valence-electron chi connectivity index (χ3n) is 11.4. The van der Waals surface area contributed by atoms with E-state index in [2.05, 4.69) is 182 Å². The van der Waals surface area contributed by atoms with Crippen LogP contribution in [0, 0.1) is 0 Å². The van der Waals surface area contributed by atoms with E-state index >= 15 is 0 Å². The van der Waals surface area contributed by atoms with Gasteiger partial charge in [0, 0.05) is 21.9 Å². The highest BCUT2D eigenvalue weighted by atomic mass is 16.3. The Bertz CT molecular complexity index is 2960. The Balaban J connectivity index is 1.23. The molecular formula is C53H34N2O. The van der Waals surface area contributed by atoms with Crippen LogP contribution in [0.15, 0.2) is 211 Å². The molecule has 1 aliphatic carbocycles. The number of fused-ring (bicyclic) bond motifs is 6. The monoisotopic (exact) mass is 714 g/mol. The molecule has 11 rings (SSSR count). The van der Waals surface area contributed by atoms with Gasteiger partial charge >= 0.3 is 0 Å². The molecule has 0 N–H and O–H groups in total. The summed E-state index contributed by atoms with van der Waals surface area (Å²) in [5.74, 6) is 0.617. The van der Waals surface area contributed by atoms with E-state index in [1.807, 2.05) is 24.3 Å². The van der Waals surface area contributed by atoms with Crippen molar-refractivity contribution in [3.05, 3.63) is 229 Å². The fourth-order valence-electron chi connectivity index (χ4n) is 8.94. The van der Waals surface area contributed by atoms with E-state index in [1.165, 1.54) is 33.4 Å². The van der Waals surface area contributed by atoms with Gasteiger partial charge in [0.05, 0.1) is 22.4 Å². The molecule has 0 spiro atoms. The summed E-state index contributed by atoms with van der Waals surface area (Å²) in [5, 5.41) is 2.10. The van der Waals surface area contributed by atoms with E-state index in [0.29, 0.717) is 5.82 Å². The van der Waals surface area contributed by atoms with E-state index in [4.69, 9.17) is 14.4 Å². The van der Waals surface area contributed by atoms with Crippen LogP contribution in [0.5, 0.6) is 0 Å². The van der Waals surface area contributed by atoms with E-state index in [-0.39, 0.29) is 0 Å². The SMILES string of the molecule is c1ccc(-c2cc(-c3ccccc3)nc(-c3c(-c4ccc5c(c4)C(c4ccccc4)(c4ccccc4)c4ccccc4-5)ccc4c3oc3ccccc34)n2)cc1. The number of rotatable bonds is 6. The first-order chi connectivity index (χ1) is 27.8. The summed E-state index contributed by atoms with van der Waals surface area (Å²) in [6.07, 6.45) is 0. The molecule has 0 atom stereocenters. The van der Waals surface area contributed by atoms with Crippen LogP contribution < -0.4 is 0 Å². The van der Waals surface area contributed by atoms with Crippen molar-refractivity contribution in [2.45, 2.75) is 5.41 Å². The molecule has 0 saturated carbocycles. The van der Waals surface area contributed by atoms with Crippen molar-refractivity contribution in [2.75, 3.05) is 0 Å². The lowest BCUT2D eigenvalue weighted by Gasteiger charge is -2.34. The van der Waals surface area contributed by atoms with Gasteiger partial charge in [0.15, 0.2) is 5.82 Å². The molecule has 1 aliphatic rings. The van der Waals surface area contributed by atoms with E-state index in [0.717, 1.165) is 61.1 Å². The average Bonchev–Trinajstić information content (AvgIpc) is 3.81. The Morgan fingerprint density at radius 3 is 1.57 bits per heavy atom. The predicted molar refractivity (Wildman–Crippen MR) is 228 cm³/mol. The minimum Gasteiger partial charge on any atom is -0.455 e. The van der Waals surface area contributed by atoms with Gasteiger partial charge in [-0.2, -0.15) is 0 Å². The number of para-hydroxylation sites is 1. The summed E-state index contributed by atoms with van der Waals surface area (Å²) in [5.41, 5.74) is 15.2. The molecule has 0 aliphatic heterocycles. The largest absolute Gasteiger partial charge is 0.455 e. The van der Waals surface area contributed by atoms with E-state index in [9.17, 15) is 0 Å². The standard InChI is InChI=1S/C53H34N2O/c1-5-17-35(18-6-1)47-34-48(36-19-7-2-8-20-36)55-52(54-47)50-40(31-32-44-43-26-14-16-28-49(43)56-51(44)50)37-29-30-42-41-25-13-15-27-45(41)53(46(42)33-37,38-21-9-3-10-22-38)39-23-11-4-12-24-39/h1-34H. The minimum absolute atomic E-state index is 0.529. The molecule has 3 heteroatoms. The fraction of sp³-hybridized carbons (Fsp3) is 0.0189. The summed E-state index contributed by atoms with van der Waals surface area (Å²) in [4.78, 5) is 10.7. The van der Waals surface area contributed by atoms with Crippen LogP contribution >= 0.6 is 0 Å². The van der Waals surface area contributed by atoms with Gasteiger partial charge in [-0.3, -0.25) is 0 Å². The molecule has 0 radical (unpaired) electrons. The first-order valence-electron chi connectivity index (χ1n) is 19.1. The molecule has 8 aromatic carbocycles. The van der Waals surface area contributed by atoms with Gasteiger partial charge < -0.3 is 4.42 Å². The maximum absolute atomic E-state index is 6.83. The van der Waals surface area contributed by atoms with Crippen LogP contribution in [-0.2, 0) is 5.41 Å². The van der Waals surface area contributed by atoms with Crippen LogP contribution in [-0.4, -0.2) is 9.97 Å². The molecular weight excluding hydrogens is 681 g/mol. The van der Waals surface area contributed by atoms with Crippen LogP contribution in [0.4, 0.5) is 0 Å². The molecule has 56 heavy (non-hydrogen) atoms. The molecule has 10 aromatic rings. The van der Waals surface area contributed by atoms with Crippen LogP contribution in [0.25, 0.3) is 78.1 Å². The van der Waals surface area contributed by atoms with Crippen LogP contribution in [0.3, 0.4) is 0 Å². The second-order valence-electron chi connectivity index (χ2n) is 14.4. The van der Waals surface area contributed by atoms with Crippen molar-refractivity contribution in [3.63, 3.8) is 0 Å². The Morgan fingerprint density at radius 2 is 0.911 bits per heavy atom. The Morgan fingerprint density at radius 1 is 0.375 bits per heavy atom. The minimum atomic E-state index is -0.529. The third-order valence-corrected chi connectivity index (χ3v) is 11.4. The molecule has 0 unspecified atom stereocenters. The molecule has 3 nitrogen and oxygen atoms in total. The lowest BCUT2D eigenvalue weighted by atomic mass is 9.67. The van der Waals surface area contributed by atoms with Gasteiger partial charge in [-0.05, 0) is 68.8 Å². The summed E-state index contributed by atoms with van der Waals surface area (Å²) in [6.45, 7) is 0. The predicted octanol–water partition coefficient (Wildman–Crippen LogP) is 13.4. The van der Waals surface area contributed by atoms with Crippen molar-refractivity contribution in [2.24, 2.45) is 0 Å². The van der Waals surface area contributed by atoms with Crippen molar-refractivity contribution in [1.29, 1.82) is 0 Å². The van der Waals surface area contributed by atoms with Crippen LogP contribution in [0.2, 0.25) is 0 Å². The summed E-state index contributed by atoms with van der Waals surface area (Å²) in [6, 6.07) is 73.2. The number of benzene rings is 8. The molecule has 262 valence electrons. The van der Waals surface area contributed by atoms with E-state index in [1.54, 1.807) is 0 Å². The zero-order chi connectivity index (χ0) is 37.1. The number of hydrogen-bond acceptors (Lipinski definition) is 3. The Hall–Kier alpha value is -7.36. The van der Waals surface area contributed by atoms with Gasteiger partial charge in [0.1, 0.15) is 11.2 Å². The van der Waals surface area contributed by atoms with Gasteiger partial charge in [-0.15, -0.1) is 0 Å². The zero-order valence-electron chi connectivity index (χ0n) is 30.4. The fourth-order valence-corrected chi connectivity index (χ4v) is 8.94. The molecule has 2 aromatic heterocycles. The second kappa shape index (κ2) is 12.9. The summed E-state index contributed by atoms with van der Waals surface area (Å²) in [7, 11) is 0. The van der Waals surface area contributed by atoms with Crippen molar-refractivity contribution >= 4 is 21.9 Å². The normalized spacial score (nSPS) is 12.8. The topological polar surface area (TPSA) is 38.9 Å². The lowest BCUT2D eigenvalue weighted by Crippen LogP contribution is -2.28. The first-order valence-corrected chi connectivity index (χ1v) is 19.1. The number of nitrogens with zero attached hydrogens (tertiary/aromatic N) is 2. The maximum atomic E-state index is 6.83. The van der Waals surface area contributed by atoms with E-state index < -0.39 is 5.41 Å². The molecule has 0 amide bonds. The second-order valence-corrected chi connectivity index (χ2v) is 14.4. The Kier molecular flexibility index (Phi) is 7.39. The zero-order valence-corrected chi connectivity index (χ0v) is 30.4.